The Morgan fingerprint density at radius 1 is 1.38 bits per heavy atom. The highest BCUT2D eigenvalue weighted by molar-refractivity contribution is 9.10. The van der Waals surface area contributed by atoms with Crippen LogP contribution in [0.4, 0.5) is 0 Å². The molecule has 0 spiro atoms. The SMILES string of the molecule is CC(C)OCCCNC(=O)CCCn1c(=S)[nH]c2ccc(Br)cc2c1=O. The number of halogens is 1. The summed E-state index contributed by atoms with van der Waals surface area (Å²) in [6.07, 6.45) is 1.89. The van der Waals surface area contributed by atoms with Gasteiger partial charge in [-0.15, -0.1) is 0 Å². The number of hydrogen-bond donors (Lipinski definition) is 2. The normalized spacial score (nSPS) is 11.2. The number of ether oxygens (including phenoxy) is 1. The minimum atomic E-state index is -0.142. The molecule has 0 saturated heterocycles. The fourth-order valence-electron chi connectivity index (χ4n) is 2.53. The van der Waals surface area contributed by atoms with Gasteiger partial charge in [-0.3, -0.25) is 14.2 Å². The first-order chi connectivity index (χ1) is 12.4. The van der Waals surface area contributed by atoms with Crippen LogP contribution < -0.4 is 10.9 Å². The number of carbonyl (C=O) groups is 1. The Kier molecular flexibility index (Phi) is 7.99. The molecule has 0 aliphatic rings. The van der Waals surface area contributed by atoms with Gasteiger partial charge in [0.05, 0.1) is 17.0 Å². The fraction of sp³-hybridized carbons (Fsp3) is 0.500. The molecule has 0 fully saturated rings. The van der Waals surface area contributed by atoms with E-state index in [9.17, 15) is 9.59 Å². The molecule has 2 aromatic rings. The average Bonchev–Trinajstić information content (AvgIpc) is 2.58. The smallest absolute Gasteiger partial charge is 0.262 e. The van der Waals surface area contributed by atoms with E-state index in [2.05, 4.69) is 26.2 Å². The van der Waals surface area contributed by atoms with Crippen LogP contribution >= 0.6 is 28.1 Å². The molecule has 1 aromatic carbocycles. The van der Waals surface area contributed by atoms with Gasteiger partial charge < -0.3 is 15.0 Å². The van der Waals surface area contributed by atoms with Crippen LogP contribution in [-0.2, 0) is 16.1 Å². The minimum Gasteiger partial charge on any atom is -0.379 e. The molecule has 6 nitrogen and oxygen atoms in total. The molecule has 2 N–H and O–H groups in total. The van der Waals surface area contributed by atoms with Crippen LogP contribution in [0.25, 0.3) is 10.9 Å². The maximum Gasteiger partial charge on any atom is 0.262 e. The molecule has 1 aromatic heterocycles. The average molecular weight is 442 g/mol. The molecule has 0 radical (unpaired) electrons. The van der Waals surface area contributed by atoms with Crippen molar-refractivity contribution in [2.24, 2.45) is 0 Å². The number of fused-ring (bicyclic) bond motifs is 1. The van der Waals surface area contributed by atoms with Crippen LogP contribution in [0.1, 0.15) is 33.1 Å². The first-order valence-corrected chi connectivity index (χ1v) is 9.89. The zero-order valence-electron chi connectivity index (χ0n) is 15.0. The summed E-state index contributed by atoms with van der Waals surface area (Å²) >= 11 is 8.65. The highest BCUT2D eigenvalue weighted by atomic mass is 79.9. The Labute approximate surface area is 166 Å². The summed E-state index contributed by atoms with van der Waals surface area (Å²) in [4.78, 5) is 27.6. The number of aromatic amines is 1. The van der Waals surface area contributed by atoms with Gasteiger partial charge in [0.15, 0.2) is 4.77 Å². The number of carbonyl (C=O) groups excluding carboxylic acids is 1. The number of H-pyrrole nitrogens is 1. The molecule has 26 heavy (non-hydrogen) atoms. The molecule has 0 bridgehead atoms. The Bertz CT molecular complexity index is 876. The third-order valence-corrected chi connectivity index (χ3v) is 4.64. The van der Waals surface area contributed by atoms with E-state index in [4.69, 9.17) is 17.0 Å². The van der Waals surface area contributed by atoms with Crippen molar-refractivity contribution in [2.75, 3.05) is 13.2 Å². The number of hydrogen-bond acceptors (Lipinski definition) is 4. The Hall–Kier alpha value is -1.51. The zero-order chi connectivity index (χ0) is 19.1. The second-order valence-corrected chi connectivity index (χ2v) is 7.61. The summed E-state index contributed by atoms with van der Waals surface area (Å²) in [6, 6.07) is 5.44. The number of amides is 1. The molecular weight excluding hydrogens is 418 g/mol. The maximum atomic E-state index is 12.6. The van der Waals surface area contributed by atoms with E-state index in [1.54, 1.807) is 6.07 Å². The number of nitrogens with one attached hydrogen (secondary N) is 2. The van der Waals surface area contributed by atoms with Crippen LogP contribution in [0.2, 0.25) is 0 Å². The van der Waals surface area contributed by atoms with Gasteiger partial charge in [0.2, 0.25) is 5.91 Å². The van der Waals surface area contributed by atoms with Crippen LogP contribution in [0.3, 0.4) is 0 Å². The first kappa shape index (κ1) is 20.8. The summed E-state index contributed by atoms with van der Waals surface area (Å²) in [6.45, 7) is 5.60. The van der Waals surface area contributed by atoms with Gasteiger partial charge in [-0.2, -0.15) is 0 Å². The topological polar surface area (TPSA) is 76.1 Å². The maximum absolute atomic E-state index is 12.6. The van der Waals surface area contributed by atoms with Crippen LogP contribution in [-0.4, -0.2) is 34.7 Å². The van der Waals surface area contributed by atoms with E-state index in [-0.39, 0.29) is 17.6 Å². The lowest BCUT2D eigenvalue weighted by Gasteiger charge is -2.10. The second-order valence-electron chi connectivity index (χ2n) is 6.30. The van der Waals surface area contributed by atoms with Gasteiger partial charge in [-0.1, -0.05) is 15.9 Å². The van der Waals surface area contributed by atoms with Crippen LogP contribution in [0.5, 0.6) is 0 Å². The minimum absolute atomic E-state index is 0.0268. The second kappa shape index (κ2) is 9.99. The number of aromatic nitrogens is 2. The Morgan fingerprint density at radius 2 is 2.15 bits per heavy atom. The summed E-state index contributed by atoms with van der Waals surface area (Å²) < 4.78 is 8.14. The lowest BCUT2D eigenvalue weighted by Crippen LogP contribution is -2.27. The standard InChI is InChI=1S/C18H24BrN3O3S/c1-12(2)25-10-4-8-20-16(23)5-3-9-22-17(24)14-11-13(19)6-7-15(14)21-18(22)26/h6-7,11-12H,3-5,8-10H2,1-2H3,(H,20,23)(H,21,26). The largest absolute Gasteiger partial charge is 0.379 e. The predicted molar refractivity (Wildman–Crippen MR) is 109 cm³/mol. The molecule has 1 amide bonds. The van der Waals surface area contributed by atoms with Crippen molar-refractivity contribution >= 4 is 45.0 Å². The fourth-order valence-corrected chi connectivity index (χ4v) is 3.18. The molecule has 0 aliphatic carbocycles. The van der Waals surface area contributed by atoms with Gasteiger partial charge in [-0.25, -0.2) is 0 Å². The van der Waals surface area contributed by atoms with E-state index in [1.165, 1.54) is 4.57 Å². The molecule has 0 unspecified atom stereocenters. The quantitative estimate of drug-likeness (QED) is 0.460. The molecule has 1 heterocycles. The van der Waals surface area contributed by atoms with Crippen molar-refractivity contribution in [3.05, 3.63) is 37.8 Å². The van der Waals surface area contributed by atoms with Crippen molar-refractivity contribution in [3.8, 4) is 0 Å². The molecule has 8 heteroatoms. The molecule has 0 saturated carbocycles. The van der Waals surface area contributed by atoms with E-state index < -0.39 is 0 Å². The van der Waals surface area contributed by atoms with E-state index in [0.717, 1.165) is 10.9 Å². The van der Waals surface area contributed by atoms with Crippen molar-refractivity contribution in [1.82, 2.24) is 14.9 Å². The molecule has 0 atom stereocenters. The van der Waals surface area contributed by atoms with Crippen molar-refractivity contribution in [3.63, 3.8) is 0 Å². The summed E-state index contributed by atoms with van der Waals surface area (Å²) in [7, 11) is 0. The van der Waals surface area contributed by atoms with Gasteiger partial charge >= 0.3 is 0 Å². The third-order valence-electron chi connectivity index (χ3n) is 3.82. The number of benzene rings is 1. The lowest BCUT2D eigenvalue weighted by atomic mass is 10.2. The van der Waals surface area contributed by atoms with Crippen molar-refractivity contribution < 1.29 is 9.53 Å². The number of nitrogens with zero attached hydrogens (tertiary/aromatic N) is 1. The van der Waals surface area contributed by atoms with Crippen molar-refractivity contribution in [2.45, 2.75) is 45.8 Å². The van der Waals surface area contributed by atoms with Gasteiger partial charge in [0.1, 0.15) is 0 Å². The Morgan fingerprint density at radius 3 is 2.88 bits per heavy atom. The highest BCUT2D eigenvalue weighted by Gasteiger charge is 2.07. The van der Waals surface area contributed by atoms with E-state index in [0.29, 0.717) is 48.2 Å². The molecular formula is C18H24BrN3O3S. The summed E-state index contributed by atoms with van der Waals surface area (Å²) in [5, 5.41) is 3.43. The zero-order valence-corrected chi connectivity index (χ0v) is 17.4. The number of rotatable bonds is 9. The molecule has 2 rings (SSSR count). The molecule has 0 aliphatic heterocycles. The van der Waals surface area contributed by atoms with Gasteiger partial charge in [0, 0.05) is 30.6 Å². The van der Waals surface area contributed by atoms with Crippen LogP contribution in [0, 0.1) is 4.77 Å². The molecule has 142 valence electrons. The van der Waals surface area contributed by atoms with Crippen LogP contribution in [0.15, 0.2) is 27.5 Å². The van der Waals surface area contributed by atoms with Gasteiger partial charge in [0.25, 0.3) is 5.56 Å². The monoisotopic (exact) mass is 441 g/mol. The highest BCUT2D eigenvalue weighted by Crippen LogP contribution is 2.15. The first-order valence-electron chi connectivity index (χ1n) is 8.69. The van der Waals surface area contributed by atoms with E-state index in [1.807, 2.05) is 26.0 Å². The summed E-state index contributed by atoms with van der Waals surface area (Å²) in [5.41, 5.74) is 0.567. The summed E-state index contributed by atoms with van der Waals surface area (Å²) in [5.74, 6) is -0.0268. The Balaban J connectivity index is 1.87. The predicted octanol–water partition coefficient (Wildman–Crippen LogP) is 3.53. The van der Waals surface area contributed by atoms with E-state index >= 15 is 0 Å². The lowest BCUT2D eigenvalue weighted by molar-refractivity contribution is -0.121. The van der Waals surface area contributed by atoms with Gasteiger partial charge in [-0.05, 0) is 57.1 Å². The van der Waals surface area contributed by atoms with Crippen molar-refractivity contribution in [1.29, 1.82) is 0 Å². The third kappa shape index (κ3) is 6.03.